The first-order valence-electron chi connectivity index (χ1n) is 7.36. The van der Waals surface area contributed by atoms with Crippen LogP contribution >= 0.6 is 0 Å². The standard InChI is InChI=1S/C16H19NO4/c18-14(16-8-6-12(10-16)7-9-16)21-17-15(19)20-11-13-4-2-1-3-5-13/h1-5,12H,6-11H2,(H,17,19). The summed E-state index contributed by atoms with van der Waals surface area (Å²) in [6.07, 6.45) is 4.08. The van der Waals surface area contributed by atoms with Gasteiger partial charge >= 0.3 is 12.1 Å². The number of hydrogen-bond donors (Lipinski definition) is 1. The fourth-order valence-electron chi connectivity index (χ4n) is 3.43. The number of rotatable bonds is 3. The molecule has 0 unspecified atom stereocenters. The zero-order valence-electron chi connectivity index (χ0n) is 11.8. The first-order valence-corrected chi connectivity index (χ1v) is 7.36. The van der Waals surface area contributed by atoms with Gasteiger partial charge in [-0.3, -0.25) is 0 Å². The first kappa shape index (κ1) is 13.9. The van der Waals surface area contributed by atoms with E-state index in [9.17, 15) is 9.59 Å². The number of ether oxygens (including phenoxy) is 1. The van der Waals surface area contributed by atoms with Gasteiger partial charge in [-0.1, -0.05) is 30.3 Å². The molecule has 2 saturated carbocycles. The van der Waals surface area contributed by atoms with Crippen LogP contribution in [0.2, 0.25) is 0 Å². The number of hydroxylamine groups is 1. The Morgan fingerprint density at radius 1 is 1.19 bits per heavy atom. The largest absolute Gasteiger partial charge is 0.443 e. The van der Waals surface area contributed by atoms with Crippen LogP contribution in [0.3, 0.4) is 0 Å². The van der Waals surface area contributed by atoms with Crippen molar-refractivity contribution in [1.29, 1.82) is 0 Å². The van der Waals surface area contributed by atoms with Gasteiger partial charge in [0.2, 0.25) is 0 Å². The monoisotopic (exact) mass is 289 g/mol. The molecule has 1 aromatic carbocycles. The maximum atomic E-state index is 12.1. The van der Waals surface area contributed by atoms with Crippen LogP contribution in [0.25, 0.3) is 0 Å². The van der Waals surface area contributed by atoms with Gasteiger partial charge in [-0.05, 0) is 43.6 Å². The molecule has 0 atom stereocenters. The second-order valence-corrected chi connectivity index (χ2v) is 5.98. The molecule has 2 aliphatic rings. The van der Waals surface area contributed by atoms with Gasteiger partial charge in [0.15, 0.2) is 0 Å². The Labute approximate surface area is 123 Å². The molecule has 2 aliphatic carbocycles. The van der Waals surface area contributed by atoms with Crippen LogP contribution in [-0.4, -0.2) is 12.1 Å². The zero-order chi connectivity index (χ0) is 14.7. The Hall–Kier alpha value is -2.04. The van der Waals surface area contributed by atoms with Gasteiger partial charge in [-0.25, -0.2) is 9.59 Å². The Balaban J connectivity index is 1.42. The van der Waals surface area contributed by atoms with Crippen LogP contribution in [0.4, 0.5) is 4.79 Å². The predicted molar refractivity (Wildman–Crippen MR) is 74.9 cm³/mol. The Morgan fingerprint density at radius 3 is 2.52 bits per heavy atom. The molecule has 0 radical (unpaired) electrons. The van der Waals surface area contributed by atoms with Crippen molar-refractivity contribution in [2.75, 3.05) is 0 Å². The van der Waals surface area contributed by atoms with Crippen molar-refractivity contribution in [1.82, 2.24) is 5.48 Å². The van der Waals surface area contributed by atoms with E-state index in [0.717, 1.165) is 37.7 Å². The minimum Gasteiger partial charge on any atom is -0.443 e. The maximum Gasteiger partial charge on any atom is 0.441 e. The number of amides is 1. The third kappa shape index (κ3) is 3.01. The van der Waals surface area contributed by atoms with Gasteiger partial charge < -0.3 is 9.57 Å². The van der Waals surface area contributed by atoms with E-state index in [1.165, 1.54) is 0 Å². The highest BCUT2D eigenvalue weighted by Gasteiger charge is 2.51. The number of hydrogen-bond acceptors (Lipinski definition) is 4. The van der Waals surface area contributed by atoms with E-state index in [4.69, 9.17) is 9.57 Å². The molecule has 0 spiro atoms. The van der Waals surface area contributed by atoms with Crippen molar-refractivity contribution in [2.24, 2.45) is 11.3 Å². The molecule has 2 fully saturated rings. The van der Waals surface area contributed by atoms with E-state index in [1.807, 2.05) is 30.3 Å². The van der Waals surface area contributed by atoms with E-state index in [1.54, 1.807) is 0 Å². The van der Waals surface area contributed by atoms with Crippen molar-refractivity contribution in [3.05, 3.63) is 35.9 Å². The number of benzene rings is 1. The molecule has 5 nitrogen and oxygen atoms in total. The highest BCUT2D eigenvalue weighted by Crippen LogP contribution is 2.54. The molecule has 1 amide bonds. The molecule has 21 heavy (non-hydrogen) atoms. The lowest BCUT2D eigenvalue weighted by atomic mass is 9.84. The van der Waals surface area contributed by atoms with Gasteiger partial charge in [-0.15, -0.1) is 5.48 Å². The van der Waals surface area contributed by atoms with Crippen molar-refractivity contribution in [3.63, 3.8) is 0 Å². The molecule has 0 aromatic heterocycles. The molecule has 3 rings (SSSR count). The Kier molecular flexibility index (Phi) is 3.82. The maximum absolute atomic E-state index is 12.1. The minimum atomic E-state index is -0.740. The third-order valence-corrected chi connectivity index (χ3v) is 4.61. The van der Waals surface area contributed by atoms with Gasteiger partial charge in [0.1, 0.15) is 6.61 Å². The third-order valence-electron chi connectivity index (χ3n) is 4.61. The van der Waals surface area contributed by atoms with E-state index >= 15 is 0 Å². The average Bonchev–Trinajstić information content (AvgIpc) is 3.14. The van der Waals surface area contributed by atoms with Crippen LogP contribution in [0.15, 0.2) is 30.3 Å². The van der Waals surface area contributed by atoms with E-state index in [0.29, 0.717) is 5.92 Å². The lowest BCUT2D eigenvalue weighted by Gasteiger charge is -2.23. The highest BCUT2D eigenvalue weighted by molar-refractivity contribution is 5.79. The zero-order valence-corrected chi connectivity index (χ0v) is 11.8. The normalized spacial score (nSPS) is 26.4. The predicted octanol–water partition coefficient (Wildman–Crippen LogP) is 2.95. The molecular formula is C16H19NO4. The summed E-state index contributed by atoms with van der Waals surface area (Å²) in [6, 6.07) is 9.34. The molecule has 112 valence electrons. The molecule has 0 heterocycles. The molecule has 1 N–H and O–H groups in total. The SMILES string of the molecule is O=C(NOC(=O)C12CCC(CC1)C2)OCc1ccccc1. The highest BCUT2D eigenvalue weighted by atomic mass is 16.7. The summed E-state index contributed by atoms with van der Waals surface area (Å²) in [5.74, 6) is 0.335. The van der Waals surface area contributed by atoms with Crippen LogP contribution in [-0.2, 0) is 21.0 Å². The molecule has 5 heteroatoms. The smallest absolute Gasteiger partial charge is 0.441 e. The second-order valence-electron chi connectivity index (χ2n) is 5.98. The Bertz CT molecular complexity index is 520. The number of fused-ring (bicyclic) bond motifs is 2. The summed E-state index contributed by atoms with van der Waals surface area (Å²) < 4.78 is 4.99. The number of nitrogens with one attached hydrogen (secondary N) is 1. The van der Waals surface area contributed by atoms with Crippen LogP contribution in [0, 0.1) is 11.3 Å². The summed E-state index contributed by atoms with van der Waals surface area (Å²) in [5.41, 5.74) is 2.61. The quantitative estimate of drug-likeness (QED) is 0.869. The summed E-state index contributed by atoms with van der Waals surface area (Å²) in [5, 5.41) is 0. The van der Waals surface area contributed by atoms with Gasteiger partial charge in [0.05, 0.1) is 5.41 Å². The fourth-order valence-corrected chi connectivity index (χ4v) is 3.43. The topological polar surface area (TPSA) is 64.6 Å². The van der Waals surface area contributed by atoms with Gasteiger partial charge in [0, 0.05) is 0 Å². The summed E-state index contributed by atoms with van der Waals surface area (Å²) in [7, 11) is 0. The summed E-state index contributed by atoms with van der Waals surface area (Å²) in [6.45, 7) is 0.150. The molecule has 0 aliphatic heterocycles. The Morgan fingerprint density at radius 2 is 1.90 bits per heavy atom. The van der Waals surface area contributed by atoms with E-state index < -0.39 is 6.09 Å². The van der Waals surface area contributed by atoms with Crippen LogP contribution < -0.4 is 5.48 Å². The summed E-state index contributed by atoms with van der Waals surface area (Å²) in [4.78, 5) is 28.6. The van der Waals surface area contributed by atoms with Crippen molar-refractivity contribution >= 4 is 12.1 Å². The van der Waals surface area contributed by atoms with Crippen molar-refractivity contribution < 1.29 is 19.2 Å². The number of carbonyl (C=O) groups excluding carboxylic acids is 2. The van der Waals surface area contributed by atoms with Crippen LogP contribution in [0.1, 0.15) is 37.7 Å². The first-order chi connectivity index (χ1) is 10.2. The lowest BCUT2D eigenvalue weighted by Crippen LogP contribution is -2.36. The molecular weight excluding hydrogens is 270 g/mol. The van der Waals surface area contributed by atoms with Gasteiger partial charge in [0.25, 0.3) is 0 Å². The minimum absolute atomic E-state index is 0.150. The lowest BCUT2D eigenvalue weighted by molar-refractivity contribution is -0.162. The van der Waals surface area contributed by atoms with Gasteiger partial charge in [-0.2, -0.15) is 0 Å². The van der Waals surface area contributed by atoms with Crippen LogP contribution in [0.5, 0.6) is 0 Å². The van der Waals surface area contributed by atoms with Crippen molar-refractivity contribution in [3.8, 4) is 0 Å². The number of carbonyl (C=O) groups is 2. The second kappa shape index (κ2) is 5.76. The summed E-state index contributed by atoms with van der Waals surface area (Å²) >= 11 is 0. The molecule has 0 saturated heterocycles. The molecule has 1 aromatic rings. The molecule has 2 bridgehead atoms. The average molecular weight is 289 g/mol. The van der Waals surface area contributed by atoms with E-state index in [-0.39, 0.29) is 18.0 Å². The van der Waals surface area contributed by atoms with E-state index in [2.05, 4.69) is 5.48 Å². The fraction of sp³-hybridized carbons (Fsp3) is 0.500. The van der Waals surface area contributed by atoms with Crippen molar-refractivity contribution in [2.45, 2.75) is 38.7 Å².